The number of hydrogen-bond donors (Lipinski definition) is 0. The van der Waals surface area contributed by atoms with E-state index in [1.54, 1.807) is 24.7 Å². The Morgan fingerprint density at radius 3 is 2.30 bits per heavy atom. The molecule has 0 bridgehead atoms. The molecule has 9 heteroatoms. The van der Waals surface area contributed by atoms with Crippen LogP contribution in [0.1, 0.15) is 49.1 Å². The van der Waals surface area contributed by atoms with Crippen LogP contribution >= 0.6 is 0 Å². The summed E-state index contributed by atoms with van der Waals surface area (Å²) in [5.41, 5.74) is 11.9. The van der Waals surface area contributed by atoms with Gasteiger partial charge in [-0.15, -0.1) is 5.54 Å². The molecule has 0 saturated carbocycles. The van der Waals surface area contributed by atoms with E-state index in [1.807, 2.05) is 44.5 Å². The molecular weight excluding hydrogens is 555 g/mol. The smallest absolute Gasteiger partial charge is 0.322 e. The average molecular weight is 593 g/mol. The molecule has 0 aliphatic carbocycles. The maximum absolute atomic E-state index is 15.6. The Kier molecular flexibility index (Phi) is 7.69. The zero-order chi connectivity index (χ0) is 31.3. The minimum atomic E-state index is -1.80. The Hall–Kier alpha value is -4.42. The summed E-state index contributed by atoms with van der Waals surface area (Å²) in [4.78, 5) is 22.4. The molecule has 0 spiro atoms. The predicted octanol–water partition coefficient (Wildman–Crippen LogP) is 8.05. The topological polar surface area (TPSA) is 78.6 Å². The number of aromatic nitrogens is 6. The van der Waals surface area contributed by atoms with E-state index in [2.05, 4.69) is 72.2 Å². The molecule has 5 aromatic rings. The predicted molar refractivity (Wildman–Crippen MR) is 172 cm³/mol. The third-order valence-corrected chi connectivity index (χ3v) is 12.9. The van der Waals surface area contributed by atoms with Crippen molar-refractivity contribution in [1.29, 1.82) is 0 Å². The van der Waals surface area contributed by atoms with Gasteiger partial charge in [-0.1, -0.05) is 45.9 Å². The second kappa shape index (κ2) is 11.0. The van der Waals surface area contributed by atoms with E-state index in [4.69, 9.17) is 9.72 Å². The maximum Gasteiger partial charge on any atom is 0.322 e. The molecule has 7 nitrogen and oxygen atoms in total. The van der Waals surface area contributed by atoms with Crippen molar-refractivity contribution in [3.8, 4) is 45.6 Å². The molecule has 5 rings (SSSR count). The highest BCUT2D eigenvalue weighted by Crippen LogP contribution is 2.43. The standard InChI is InChI=1S/C34H37FN6OSi/c1-20-17-25(14-16-43(9,10)34(5,6)7)40-23(4)28(20)31-30(29-22(3)37-19-38-32(29)41(31)8)24-11-12-27(26(35)18-24)42-33-36-15-13-21(2)39-33/h11-13,15,17-19H,1-10H3. The van der Waals surface area contributed by atoms with Crippen LogP contribution in [0.25, 0.3) is 33.4 Å². The van der Waals surface area contributed by atoms with Crippen LogP contribution in [0.2, 0.25) is 18.1 Å². The van der Waals surface area contributed by atoms with Crippen LogP contribution in [0.5, 0.6) is 11.8 Å². The van der Waals surface area contributed by atoms with Gasteiger partial charge < -0.3 is 9.30 Å². The molecule has 0 atom stereocenters. The number of pyridine rings is 1. The monoisotopic (exact) mass is 592 g/mol. The number of ether oxygens (including phenoxy) is 1. The molecule has 4 heterocycles. The summed E-state index contributed by atoms with van der Waals surface area (Å²) < 4.78 is 23.3. The first-order valence-corrected chi connectivity index (χ1v) is 17.3. The highest BCUT2D eigenvalue weighted by molar-refractivity contribution is 6.87. The molecule has 0 aliphatic heterocycles. The fraction of sp³-hybridized carbons (Fsp3) is 0.324. The molecule has 4 aromatic heterocycles. The fourth-order valence-corrected chi connectivity index (χ4v) is 5.76. The zero-order valence-corrected chi connectivity index (χ0v) is 27.5. The summed E-state index contributed by atoms with van der Waals surface area (Å²) in [5, 5.41) is 1.01. The molecule has 220 valence electrons. The molecule has 0 N–H and O–H groups in total. The minimum Gasteiger partial charge on any atom is -0.421 e. The number of rotatable bonds is 4. The van der Waals surface area contributed by atoms with Gasteiger partial charge in [0.1, 0.15) is 25.7 Å². The van der Waals surface area contributed by atoms with Gasteiger partial charge in [-0.25, -0.2) is 29.3 Å². The maximum atomic E-state index is 15.6. The Morgan fingerprint density at radius 1 is 0.907 bits per heavy atom. The van der Waals surface area contributed by atoms with Gasteiger partial charge in [0.25, 0.3) is 0 Å². The summed E-state index contributed by atoms with van der Waals surface area (Å²) in [6, 6.07) is 8.82. The van der Waals surface area contributed by atoms with Gasteiger partial charge in [-0.05, 0) is 68.1 Å². The van der Waals surface area contributed by atoms with Crippen LogP contribution in [0.4, 0.5) is 4.39 Å². The third-order valence-electron chi connectivity index (χ3n) is 8.36. The lowest BCUT2D eigenvalue weighted by Gasteiger charge is -2.31. The normalized spacial score (nSPS) is 11.9. The van der Waals surface area contributed by atoms with Gasteiger partial charge in [0.05, 0.1) is 11.4 Å². The highest BCUT2D eigenvalue weighted by atomic mass is 28.3. The summed E-state index contributed by atoms with van der Waals surface area (Å²) in [6.07, 6.45) is 3.14. The molecule has 43 heavy (non-hydrogen) atoms. The molecule has 1 aromatic carbocycles. The molecular formula is C34H37FN6OSi. The first-order chi connectivity index (χ1) is 20.2. The quantitative estimate of drug-likeness (QED) is 0.155. The number of aryl methyl sites for hydroxylation is 5. The fourth-order valence-electron chi connectivity index (χ4n) is 4.95. The van der Waals surface area contributed by atoms with Crippen molar-refractivity contribution in [2.45, 2.75) is 66.6 Å². The summed E-state index contributed by atoms with van der Waals surface area (Å²) in [6.45, 7) is 19.2. The lowest BCUT2D eigenvalue weighted by molar-refractivity contribution is 0.410. The average Bonchev–Trinajstić information content (AvgIpc) is 3.21. The molecule has 0 unspecified atom stereocenters. The van der Waals surface area contributed by atoms with E-state index in [0.717, 1.165) is 56.2 Å². The van der Waals surface area contributed by atoms with E-state index < -0.39 is 13.9 Å². The van der Waals surface area contributed by atoms with E-state index in [9.17, 15) is 0 Å². The first kappa shape index (κ1) is 30.0. The number of benzene rings is 1. The van der Waals surface area contributed by atoms with E-state index in [-0.39, 0.29) is 16.8 Å². The molecule has 0 fully saturated rings. The van der Waals surface area contributed by atoms with Gasteiger partial charge in [0.15, 0.2) is 11.6 Å². The van der Waals surface area contributed by atoms with Gasteiger partial charge in [0, 0.05) is 41.1 Å². The zero-order valence-electron chi connectivity index (χ0n) is 26.5. The van der Waals surface area contributed by atoms with Crippen LogP contribution in [0.15, 0.2) is 42.9 Å². The van der Waals surface area contributed by atoms with Crippen molar-refractivity contribution in [2.24, 2.45) is 7.05 Å². The second-order valence-electron chi connectivity index (χ2n) is 12.6. The summed E-state index contributed by atoms with van der Waals surface area (Å²) >= 11 is 0. The van der Waals surface area contributed by atoms with Gasteiger partial charge in [0.2, 0.25) is 0 Å². The minimum absolute atomic E-state index is 0.0443. The SMILES string of the molecule is Cc1ccnc(Oc2ccc(-c3c(-c4c(C)cc(C#C[Si](C)(C)C(C)(C)C)nc4C)n(C)c4ncnc(C)c34)cc2F)n1. The highest BCUT2D eigenvalue weighted by Gasteiger charge is 2.33. The summed E-state index contributed by atoms with van der Waals surface area (Å²) in [5.74, 6) is 2.90. The molecule has 0 radical (unpaired) electrons. The Morgan fingerprint density at radius 2 is 1.65 bits per heavy atom. The van der Waals surface area contributed by atoms with Crippen LogP contribution < -0.4 is 4.74 Å². The lowest BCUT2D eigenvalue weighted by atomic mass is 9.94. The van der Waals surface area contributed by atoms with Crippen molar-refractivity contribution < 1.29 is 9.13 Å². The van der Waals surface area contributed by atoms with E-state index in [1.165, 1.54) is 6.07 Å². The van der Waals surface area contributed by atoms with Crippen molar-refractivity contribution in [3.63, 3.8) is 0 Å². The van der Waals surface area contributed by atoms with Crippen molar-refractivity contribution >= 4 is 19.1 Å². The Bertz CT molecular complexity index is 1920. The number of nitrogens with zero attached hydrogens (tertiary/aromatic N) is 6. The first-order valence-electron chi connectivity index (χ1n) is 14.3. The van der Waals surface area contributed by atoms with E-state index in [0.29, 0.717) is 5.56 Å². The van der Waals surface area contributed by atoms with Crippen molar-refractivity contribution in [1.82, 2.24) is 29.5 Å². The van der Waals surface area contributed by atoms with Crippen LogP contribution in [-0.4, -0.2) is 37.6 Å². The second-order valence-corrected chi connectivity index (χ2v) is 17.6. The van der Waals surface area contributed by atoms with Crippen molar-refractivity contribution in [3.05, 3.63) is 77.0 Å². The number of halogens is 1. The van der Waals surface area contributed by atoms with E-state index >= 15 is 4.39 Å². The Balaban J connectivity index is 1.67. The van der Waals surface area contributed by atoms with Crippen LogP contribution in [-0.2, 0) is 7.05 Å². The number of hydrogen-bond acceptors (Lipinski definition) is 6. The van der Waals surface area contributed by atoms with Crippen molar-refractivity contribution in [2.75, 3.05) is 0 Å². The Labute approximate surface area is 253 Å². The van der Waals surface area contributed by atoms with Gasteiger partial charge in [-0.3, -0.25) is 0 Å². The van der Waals surface area contributed by atoms with Crippen LogP contribution in [0.3, 0.4) is 0 Å². The van der Waals surface area contributed by atoms with Gasteiger partial charge >= 0.3 is 6.01 Å². The largest absolute Gasteiger partial charge is 0.421 e. The lowest BCUT2D eigenvalue weighted by Crippen LogP contribution is -2.35. The molecule has 0 amide bonds. The molecule has 0 saturated heterocycles. The number of fused-ring (bicyclic) bond motifs is 1. The van der Waals surface area contributed by atoms with Gasteiger partial charge in [-0.2, -0.15) is 0 Å². The molecule has 0 aliphatic rings. The third kappa shape index (κ3) is 5.67. The summed E-state index contributed by atoms with van der Waals surface area (Å²) in [7, 11) is 0.170. The van der Waals surface area contributed by atoms with Crippen LogP contribution in [0, 0.1) is 45.0 Å².